The second-order valence-corrected chi connectivity index (χ2v) is 2.85. The number of hydrogen-bond donors (Lipinski definition) is 0. The van der Waals surface area contributed by atoms with Crippen LogP contribution in [0.2, 0.25) is 0 Å². The van der Waals surface area contributed by atoms with E-state index in [2.05, 4.69) is 0 Å². The number of rotatable bonds is 0. The first-order chi connectivity index (χ1) is 4.88. The van der Waals surface area contributed by atoms with E-state index in [1.165, 1.54) is 0 Å². The predicted molar refractivity (Wildman–Crippen MR) is 32.4 cm³/mol. The molecule has 0 aromatic rings. The summed E-state index contributed by atoms with van der Waals surface area (Å²) in [5.41, 5.74) is 0. The van der Waals surface area contributed by atoms with Gasteiger partial charge in [0.25, 0.3) is 0 Å². The molecular weight excluding hydrogens is 408 g/mol. The van der Waals surface area contributed by atoms with Crippen LogP contribution in [0.5, 0.6) is 0 Å². The van der Waals surface area contributed by atoms with E-state index in [0.29, 0.717) is 0 Å². The van der Waals surface area contributed by atoms with Crippen LogP contribution in [0.3, 0.4) is 0 Å². The maximum Gasteiger partial charge on any atom is 2.00 e. The molecule has 0 atom stereocenters. The minimum absolute atomic E-state index is 0. The molecule has 0 saturated heterocycles. The largest absolute Gasteiger partial charge is 2.00 e. The van der Waals surface area contributed by atoms with Crippen LogP contribution < -0.4 is 0 Å². The zero-order chi connectivity index (χ0) is 9.86. The van der Waals surface area contributed by atoms with E-state index in [1.54, 1.807) is 0 Å². The standard InChI is InChI=1S/2ClH.2NO3.2Pd/c;;2*2-1(3)4;;/h2*1H;;;;/q;;2*-1;2*+2/p-2. The van der Waals surface area contributed by atoms with Crippen LogP contribution in [0.1, 0.15) is 0 Å². The van der Waals surface area contributed by atoms with Gasteiger partial charge in [-0.3, -0.25) is 0 Å². The van der Waals surface area contributed by atoms with Crippen LogP contribution >= 0.6 is 19.1 Å². The molecule has 0 aliphatic carbocycles. The fraction of sp³-hybridized carbons (Fsp3) is 0. The zero-order valence-corrected chi connectivity index (χ0v) is 9.35. The molecule has 12 heavy (non-hydrogen) atoms. The van der Waals surface area contributed by atoms with E-state index in [4.69, 9.17) is 49.7 Å². The number of hydrogen-bond acceptors (Lipinski definition) is 6. The monoisotopic (exact) mass is 406 g/mol. The van der Waals surface area contributed by atoms with E-state index < -0.39 is 10.2 Å². The summed E-state index contributed by atoms with van der Waals surface area (Å²) >= 11 is -0.106. The smallest absolute Gasteiger partial charge is 2.00 e. The van der Waals surface area contributed by atoms with Gasteiger partial charge in [0, 0.05) is 0 Å². The van der Waals surface area contributed by atoms with E-state index in [1.807, 2.05) is 0 Å². The van der Waals surface area contributed by atoms with Gasteiger partial charge in [0.05, 0.1) is 10.2 Å². The summed E-state index contributed by atoms with van der Waals surface area (Å²) in [5.74, 6) is 0. The molecule has 12 heteroatoms. The molecule has 0 aromatic heterocycles. The first-order valence-corrected chi connectivity index (χ1v) is 5.34. The van der Waals surface area contributed by atoms with Crippen LogP contribution in [-0.4, -0.2) is 10.2 Å². The van der Waals surface area contributed by atoms with E-state index in [9.17, 15) is 0 Å². The van der Waals surface area contributed by atoms with Crippen molar-refractivity contribution in [2.45, 2.75) is 0 Å². The fourth-order valence-corrected chi connectivity index (χ4v) is 0. The van der Waals surface area contributed by atoms with Crippen molar-refractivity contribution in [2.24, 2.45) is 0 Å². The Morgan fingerprint density at radius 3 is 0.917 bits per heavy atom. The molecule has 8 nitrogen and oxygen atoms in total. The summed E-state index contributed by atoms with van der Waals surface area (Å²) in [6.45, 7) is 0. The molecule has 0 aliphatic heterocycles. The van der Waals surface area contributed by atoms with Crippen molar-refractivity contribution < 1.29 is 46.5 Å². The Morgan fingerprint density at radius 2 is 0.917 bits per heavy atom. The van der Waals surface area contributed by atoms with Gasteiger partial charge in [-0.15, -0.1) is 0 Å². The van der Waals surface area contributed by atoms with Crippen LogP contribution in [0.25, 0.3) is 0 Å². The average Bonchev–Trinajstić information content (AvgIpc) is 1.60. The predicted octanol–water partition coefficient (Wildman–Crippen LogP) is 0.896. The molecular formula is Cl2N2O6Pd2. The summed E-state index contributed by atoms with van der Waals surface area (Å²) in [4.78, 5) is 16.5. The topological polar surface area (TPSA) is 132 Å². The number of nitrogens with zero attached hydrogens (tertiary/aromatic N) is 2. The Labute approximate surface area is 95.8 Å². The van der Waals surface area contributed by atoms with Gasteiger partial charge >= 0.3 is 55.4 Å². The summed E-state index contributed by atoms with van der Waals surface area (Å²) in [6, 6.07) is 0. The Balaban J connectivity index is -0.0000000389. The molecule has 0 unspecified atom stereocenters. The van der Waals surface area contributed by atoms with Crippen molar-refractivity contribution in [1.29, 1.82) is 0 Å². The molecule has 0 rings (SSSR count). The molecule has 0 heterocycles. The summed E-state index contributed by atoms with van der Waals surface area (Å²) in [7, 11) is 9.63. The third-order valence-electron chi connectivity index (χ3n) is 0. The van der Waals surface area contributed by atoms with Crippen molar-refractivity contribution in [1.82, 2.24) is 0 Å². The second kappa shape index (κ2) is 22.5. The van der Waals surface area contributed by atoms with Crippen molar-refractivity contribution >= 4 is 19.1 Å². The molecule has 0 bridgehead atoms. The van der Waals surface area contributed by atoms with E-state index >= 15 is 0 Å². The first-order valence-electron chi connectivity index (χ1n) is 1.33. The molecule has 0 amide bonds. The fourth-order valence-electron chi connectivity index (χ4n) is 0. The average molecular weight is 408 g/mol. The maximum absolute atomic E-state index is 8.25. The van der Waals surface area contributed by atoms with Crippen molar-refractivity contribution in [3.8, 4) is 0 Å². The molecule has 0 radical (unpaired) electrons. The Kier molecular flexibility index (Phi) is 42.7. The van der Waals surface area contributed by atoms with Gasteiger partial charge in [-0.05, 0) is 0 Å². The van der Waals surface area contributed by atoms with E-state index in [0.717, 1.165) is 0 Å². The molecule has 80 valence electrons. The molecule has 0 saturated carbocycles. The third kappa shape index (κ3) is 9610. The van der Waals surface area contributed by atoms with Crippen LogP contribution in [0.15, 0.2) is 0 Å². The van der Waals surface area contributed by atoms with Crippen LogP contribution in [-0.2, 0) is 36.4 Å². The molecule has 0 aliphatic rings. The molecule has 0 fully saturated rings. The SMILES string of the molecule is O=[N+]([O-])[O-].O=[N+]([O-])[O-].[Cl][Pd][Cl].[Pd+2]. The summed E-state index contributed by atoms with van der Waals surface area (Å²) in [6.07, 6.45) is 0. The Bertz CT molecular complexity index is 89.7. The Morgan fingerprint density at radius 1 is 0.917 bits per heavy atom. The summed E-state index contributed by atoms with van der Waals surface area (Å²) in [5, 5.41) is 29.5. The van der Waals surface area contributed by atoms with Crippen LogP contribution in [0.4, 0.5) is 0 Å². The van der Waals surface area contributed by atoms with E-state index in [-0.39, 0.29) is 36.4 Å². The molecule has 0 spiro atoms. The van der Waals surface area contributed by atoms with Crippen molar-refractivity contribution in [3.05, 3.63) is 30.6 Å². The van der Waals surface area contributed by atoms with Gasteiger partial charge in [0.2, 0.25) is 0 Å². The Hall–Kier alpha value is 0.305. The van der Waals surface area contributed by atoms with Crippen LogP contribution in [0, 0.1) is 30.6 Å². The van der Waals surface area contributed by atoms with Gasteiger partial charge in [-0.25, -0.2) is 0 Å². The molecule has 0 N–H and O–H groups in total. The molecule has 0 aromatic carbocycles. The first kappa shape index (κ1) is 22.8. The second-order valence-electron chi connectivity index (χ2n) is 0.492. The minimum atomic E-state index is -1.75. The quantitative estimate of drug-likeness (QED) is 0.333. The zero-order valence-electron chi connectivity index (χ0n) is 4.73. The van der Waals surface area contributed by atoms with Gasteiger partial charge in [-0.1, -0.05) is 0 Å². The maximum atomic E-state index is 8.25. The minimum Gasteiger partial charge on any atom is 2.00 e. The van der Waals surface area contributed by atoms with Crippen molar-refractivity contribution in [2.75, 3.05) is 0 Å². The van der Waals surface area contributed by atoms with Gasteiger partial charge < -0.3 is 30.6 Å². The van der Waals surface area contributed by atoms with Crippen molar-refractivity contribution in [3.63, 3.8) is 0 Å². The van der Waals surface area contributed by atoms with Gasteiger partial charge in [0.15, 0.2) is 0 Å². The van der Waals surface area contributed by atoms with Gasteiger partial charge in [-0.2, -0.15) is 0 Å². The normalized spacial score (nSPS) is 5.83. The number of halogens is 2. The summed E-state index contributed by atoms with van der Waals surface area (Å²) < 4.78 is 0. The van der Waals surface area contributed by atoms with Gasteiger partial charge in [0.1, 0.15) is 0 Å². The third-order valence-corrected chi connectivity index (χ3v) is 0.